The fourth-order valence-electron chi connectivity index (χ4n) is 1.72. The SMILES string of the molecule is O=C(O)C1=C[C@H](c2cccs2)n2ncnc2N1. The highest BCUT2D eigenvalue weighted by molar-refractivity contribution is 7.10. The molecule has 3 heterocycles. The van der Waals surface area contributed by atoms with Crippen molar-refractivity contribution in [2.24, 2.45) is 0 Å². The smallest absolute Gasteiger partial charge is 0.352 e. The van der Waals surface area contributed by atoms with Gasteiger partial charge in [0.25, 0.3) is 0 Å². The monoisotopic (exact) mass is 248 g/mol. The first-order valence-electron chi connectivity index (χ1n) is 4.91. The number of anilines is 1. The van der Waals surface area contributed by atoms with Gasteiger partial charge in [-0.3, -0.25) is 0 Å². The molecule has 86 valence electrons. The van der Waals surface area contributed by atoms with Gasteiger partial charge in [-0.1, -0.05) is 6.07 Å². The van der Waals surface area contributed by atoms with E-state index in [1.807, 2.05) is 17.5 Å². The summed E-state index contributed by atoms with van der Waals surface area (Å²) < 4.78 is 1.66. The Hall–Kier alpha value is -2.15. The molecule has 0 aliphatic carbocycles. The minimum absolute atomic E-state index is 0.129. The molecule has 7 heteroatoms. The molecule has 0 amide bonds. The number of nitrogens with one attached hydrogen (secondary N) is 1. The van der Waals surface area contributed by atoms with Crippen molar-refractivity contribution in [3.05, 3.63) is 40.5 Å². The fourth-order valence-corrected chi connectivity index (χ4v) is 2.50. The van der Waals surface area contributed by atoms with Crippen LogP contribution in [0.25, 0.3) is 0 Å². The lowest BCUT2D eigenvalue weighted by Crippen LogP contribution is -2.23. The standard InChI is InChI=1S/C10H8N4O2S/c15-9(16)6-4-7(8-2-1-3-17-8)14-10(13-6)11-5-12-14/h1-5,7H,(H,15,16)(H,11,12,13)/t7-/m1/s1. The van der Waals surface area contributed by atoms with Gasteiger partial charge in [0, 0.05) is 4.88 Å². The molecule has 17 heavy (non-hydrogen) atoms. The predicted octanol–water partition coefficient (Wildman–Crippen LogP) is 1.32. The number of rotatable bonds is 2. The zero-order valence-electron chi connectivity index (χ0n) is 8.57. The minimum atomic E-state index is -0.999. The van der Waals surface area contributed by atoms with Crippen LogP contribution in [0.5, 0.6) is 0 Å². The molecule has 0 spiro atoms. The Morgan fingerprint density at radius 3 is 3.18 bits per heavy atom. The van der Waals surface area contributed by atoms with E-state index in [4.69, 9.17) is 5.11 Å². The molecule has 0 unspecified atom stereocenters. The van der Waals surface area contributed by atoms with Crippen molar-refractivity contribution in [1.29, 1.82) is 0 Å². The number of aromatic nitrogens is 3. The molecule has 2 aromatic heterocycles. The predicted molar refractivity (Wildman–Crippen MR) is 61.8 cm³/mol. The van der Waals surface area contributed by atoms with Crippen LogP contribution in [-0.4, -0.2) is 25.8 Å². The van der Waals surface area contributed by atoms with E-state index in [-0.39, 0.29) is 11.7 Å². The molecule has 3 rings (SSSR count). The molecular weight excluding hydrogens is 240 g/mol. The van der Waals surface area contributed by atoms with Gasteiger partial charge in [0.2, 0.25) is 5.95 Å². The van der Waals surface area contributed by atoms with Crippen LogP contribution in [0.15, 0.2) is 35.6 Å². The van der Waals surface area contributed by atoms with Crippen molar-refractivity contribution in [1.82, 2.24) is 14.8 Å². The molecule has 1 atom stereocenters. The fraction of sp³-hybridized carbons (Fsp3) is 0.100. The average Bonchev–Trinajstić information content (AvgIpc) is 2.98. The van der Waals surface area contributed by atoms with Crippen LogP contribution < -0.4 is 5.32 Å². The first-order valence-corrected chi connectivity index (χ1v) is 5.79. The Kier molecular flexibility index (Phi) is 2.19. The highest BCUT2D eigenvalue weighted by Gasteiger charge is 2.25. The van der Waals surface area contributed by atoms with E-state index in [2.05, 4.69) is 15.4 Å². The van der Waals surface area contributed by atoms with Crippen LogP contribution in [-0.2, 0) is 4.79 Å². The quantitative estimate of drug-likeness (QED) is 0.838. The number of hydrogen-bond donors (Lipinski definition) is 2. The van der Waals surface area contributed by atoms with Gasteiger partial charge in [-0.2, -0.15) is 10.1 Å². The summed E-state index contributed by atoms with van der Waals surface area (Å²) in [7, 11) is 0. The highest BCUT2D eigenvalue weighted by Crippen LogP contribution is 2.30. The first-order chi connectivity index (χ1) is 8.25. The van der Waals surface area contributed by atoms with E-state index in [1.165, 1.54) is 6.33 Å². The second-order valence-electron chi connectivity index (χ2n) is 3.50. The molecule has 2 N–H and O–H groups in total. The summed E-state index contributed by atoms with van der Waals surface area (Å²) in [5.74, 6) is -0.552. The number of thiophene rings is 1. The third-order valence-corrected chi connectivity index (χ3v) is 3.42. The Morgan fingerprint density at radius 2 is 2.47 bits per heavy atom. The molecule has 0 aromatic carbocycles. The number of aliphatic carboxylic acids is 1. The summed E-state index contributed by atoms with van der Waals surface area (Å²) in [6, 6.07) is 3.66. The van der Waals surface area contributed by atoms with Crippen LogP contribution in [0.3, 0.4) is 0 Å². The summed E-state index contributed by atoms with van der Waals surface area (Å²) in [4.78, 5) is 16.0. The molecule has 0 fully saturated rings. The van der Waals surface area contributed by atoms with Crippen molar-refractivity contribution in [2.45, 2.75) is 6.04 Å². The number of carbonyl (C=O) groups is 1. The van der Waals surface area contributed by atoms with Crippen LogP contribution in [0.1, 0.15) is 10.9 Å². The van der Waals surface area contributed by atoms with E-state index < -0.39 is 5.97 Å². The zero-order chi connectivity index (χ0) is 11.8. The van der Waals surface area contributed by atoms with E-state index in [0.717, 1.165) is 4.88 Å². The maximum atomic E-state index is 11.0. The van der Waals surface area contributed by atoms with Gasteiger partial charge in [0.15, 0.2) is 0 Å². The Morgan fingerprint density at radius 1 is 1.59 bits per heavy atom. The van der Waals surface area contributed by atoms with Gasteiger partial charge >= 0.3 is 5.97 Å². The molecule has 6 nitrogen and oxygen atoms in total. The van der Waals surface area contributed by atoms with Crippen molar-refractivity contribution >= 4 is 23.3 Å². The van der Waals surface area contributed by atoms with Crippen molar-refractivity contribution in [3.63, 3.8) is 0 Å². The molecule has 2 aromatic rings. The molecule has 0 bridgehead atoms. The first kappa shape index (κ1) is 10.0. The summed E-state index contributed by atoms with van der Waals surface area (Å²) in [6.07, 6.45) is 3.04. The second-order valence-corrected chi connectivity index (χ2v) is 4.48. The molecule has 0 saturated carbocycles. The van der Waals surface area contributed by atoms with Crippen LogP contribution in [0, 0.1) is 0 Å². The number of allylic oxidation sites excluding steroid dienone is 1. The minimum Gasteiger partial charge on any atom is -0.477 e. The third-order valence-electron chi connectivity index (χ3n) is 2.47. The van der Waals surface area contributed by atoms with E-state index in [1.54, 1.807) is 22.1 Å². The molecule has 1 aliphatic rings. The molecule has 0 radical (unpaired) electrons. The number of hydrogen-bond acceptors (Lipinski definition) is 5. The van der Waals surface area contributed by atoms with Gasteiger partial charge < -0.3 is 10.4 Å². The van der Waals surface area contributed by atoms with Crippen LogP contribution in [0.4, 0.5) is 5.95 Å². The van der Waals surface area contributed by atoms with Gasteiger partial charge in [-0.15, -0.1) is 11.3 Å². The second kappa shape index (κ2) is 3.70. The van der Waals surface area contributed by atoms with Crippen molar-refractivity contribution in [2.75, 3.05) is 5.32 Å². The Balaban J connectivity index is 2.10. The van der Waals surface area contributed by atoms with Crippen LogP contribution in [0.2, 0.25) is 0 Å². The normalized spacial score (nSPS) is 18.1. The van der Waals surface area contributed by atoms with E-state index in [9.17, 15) is 4.79 Å². The van der Waals surface area contributed by atoms with Gasteiger partial charge in [-0.05, 0) is 17.5 Å². The summed E-state index contributed by atoms with van der Waals surface area (Å²) in [5.41, 5.74) is 0.129. The summed E-state index contributed by atoms with van der Waals surface area (Å²) >= 11 is 1.56. The summed E-state index contributed by atoms with van der Waals surface area (Å²) in [5, 5.41) is 17.8. The van der Waals surface area contributed by atoms with Crippen molar-refractivity contribution in [3.8, 4) is 0 Å². The highest BCUT2D eigenvalue weighted by atomic mass is 32.1. The third kappa shape index (κ3) is 1.60. The van der Waals surface area contributed by atoms with Gasteiger partial charge in [0.1, 0.15) is 18.1 Å². The number of carboxylic acids is 1. The molecular formula is C10H8N4O2S. The van der Waals surface area contributed by atoms with Gasteiger partial charge in [0.05, 0.1) is 0 Å². The van der Waals surface area contributed by atoms with E-state index in [0.29, 0.717) is 5.95 Å². The van der Waals surface area contributed by atoms with Crippen molar-refractivity contribution < 1.29 is 9.90 Å². The lowest BCUT2D eigenvalue weighted by Gasteiger charge is -2.21. The summed E-state index contributed by atoms with van der Waals surface area (Å²) in [6.45, 7) is 0. The average molecular weight is 248 g/mol. The number of nitrogens with zero attached hydrogens (tertiary/aromatic N) is 3. The maximum Gasteiger partial charge on any atom is 0.352 e. The Bertz CT molecular complexity index is 587. The largest absolute Gasteiger partial charge is 0.477 e. The maximum absolute atomic E-state index is 11.0. The Labute approximate surface area is 100 Å². The molecule has 0 saturated heterocycles. The van der Waals surface area contributed by atoms with Crippen LogP contribution >= 0.6 is 11.3 Å². The number of carboxylic acid groups (broad SMARTS) is 1. The molecule has 1 aliphatic heterocycles. The lowest BCUT2D eigenvalue weighted by molar-refractivity contribution is -0.132. The topological polar surface area (TPSA) is 80.0 Å². The number of fused-ring (bicyclic) bond motifs is 1. The lowest BCUT2D eigenvalue weighted by atomic mass is 10.2. The van der Waals surface area contributed by atoms with E-state index >= 15 is 0 Å². The zero-order valence-corrected chi connectivity index (χ0v) is 9.39. The van der Waals surface area contributed by atoms with Gasteiger partial charge in [-0.25, -0.2) is 9.48 Å².